The van der Waals surface area contributed by atoms with Crippen LogP contribution in [0.25, 0.3) is 0 Å². The van der Waals surface area contributed by atoms with E-state index in [2.05, 4.69) is 10.6 Å². The van der Waals surface area contributed by atoms with Crippen LogP contribution in [0.3, 0.4) is 0 Å². The first-order valence-corrected chi connectivity index (χ1v) is 7.85. The molecule has 1 aromatic carbocycles. The Morgan fingerprint density at radius 3 is 2.36 bits per heavy atom. The molecule has 1 atom stereocenters. The summed E-state index contributed by atoms with van der Waals surface area (Å²) < 4.78 is 4.99. The lowest BCUT2D eigenvalue weighted by molar-refractivity contribution is -0.151. The number of hydrogen-bond donors (Lipinski definition) is 2. The Hall–Kier alpha value is -2.02. The molecule has 120 valence electrons. The SMILES string of the molecule is CC(C)NC(=O)NC(=O)[C@@H](C)OC(=O)CSc1ccccc1. The van der Waals surface area contributed by atoms with Crippen molar-refractivity contribution >= 4 is 29.7 Å². The maximum Gasteiger partial charge on any atom is 0.321 e. The predicted octanol–water partition coefficient (Wildman–Crippen LogP) is 1.94. The summed E-state index contributed by atoms with van der Waals surface area (Å²) in [6.07, 6.45) is -1.03. The lowest BCUT2D eigenvalue weighted by Gasteiger charge is -2.14. The molecule has 2 N–H and O–H groups in total. The van der Waals surface area contributed by atoms with Gasteiger partial charge in [0.1, 0.15) is 0 Å². The minimum absolute atomic E-state index is 0.0899. The third kappa shape index (κ3) is 7.12. The molecule has 0 aliphatic heterocycles. The number of imide groups is 1. The number of hydrogen-bond acceptors (Lipinski definition) is 5. The second kappa shape index (κ2) is 9.09. The first-order valence-electron chi connectivity index (χ1n) is 6.87. The van der Waals surface area contributed by atoms with Crippen molar-refractivity contribution in [1.29, 1.82) is 0 Å². The van der Waals surface area contributed by atoms with Crippen LogP contribution in [0.5, 0.6) is 0 Å². The normalized spacial score (nSPS) is 11.6. The van der Waals surface area contributed by atoms with E-state index in [-0.39, 0.29) is 11.8 Å². The summed E-state index contributed by atoms with van der Waals surface area (Å²) >= 11 is 1.32. The molecule has 1 rings (SSSR count). The zero-order valence-electron chi connectivity index (χ0n) is 12.8. The standard InChI is InChI=1S/C15H20N2O4S/c1-10(2)16-15(20)17-14(19)11(3)21-13(18)9-22-12-7-5-4-6-8-12/h4-8,10-11H,9H2,1-3H3,(H2,16,17,19,20)/t11-/m1/s1. The second-order valence-electron chi connectivity index (χ2n) is 4.85. The zero-order chi connectivity index (χ0) is 16.5. The van der Waals surface area contributed by atoms with Crippen molar-refractivity contribution in [3.63, 3.8) is 0 Å². The highest BCUT2D eigenvalue weighted by atomic mass is 32.2. The molecule has 0 saturated carbocycles. The van der Waals surface area contributed by atoms with Gasteiger partial charge in [-0.3, -0.25) is 14.9 Å². The topological polar surface area (TPSA) is 84.5 Å². The third-order valence-corrected chi connectivity index (χ3v) is 3.42. The summed E-state index contributed by atoms with van der Waals surface area (Å²) in [5.41, 5.74) is 0. The van der Waals surface area contributed by atoms with E-state index in [0.717, 1.165) is 4.90 Å². The van der Waals surface area contributed by atoms with Crippen molar-refractivity contribution in [2.24, 2.45) is 0 Å². The molecule has 0 saturated heterocycles. The molecule has 0 fully saturated rings. The average molecular weight is 324 g/mol. The van der Waals surface area contributed by atoms with Crippen molar-refractivity contribution in [1.82, 2.24) is 10.6 Å². The molecule has 7 heteroatoms. The van der Waals surface area contributed by atoms with Crippen LogP contribution in [0.1, 0.15) is 20.8 Å². The van der Waals surface area contributed by atoms with E-state index in [1.54, 1.807) is 13.8 Å². The number of amides is 3. The molecule has 22 heavy (non-hydrogen) atoms. The lowest BCUT2D eigenvalue weighted by atomic mass is 10.3. The van der Waals surface area contributed by atoms with Gasteiger partial charge in [-0.05, 0) is 32.9 Å². The Kier molecular flexibility index (Phi) is 7.45. The lowest BCUT2D eigenvalue weighted by Crippen LogP contribution is -2.46. The number of carbonyl (C=O) groups excluding carboxylic acids is 3. The highest BCUT2D eigenvalue weighted by Crippen LogP contribution is 2.17. The van der Waals surface area contributed by atoms with Crippen LogP contribution in [-0.2, 0) is 14.3 Å². The summed E-state index contributed by atoms with van der Waals surface area (Å²) in [6.45, 7) is 4.96. The summed E-state index contributed by atoms with van der Waals surface area (Å²) in [7, 11) is 0. The highest BCUT2D eigenvalue weighted by Gasteiger charge is 2.20. The van der Waals surface area contributed by atoms with Gasteiger partial charge < -0.3 is 10.1 Å². The predicted molar refractivity (Wildman–Crippen MR) is 84.5 cm³/mol. The van der Waals surface area contributed by atoms with E-state index >= 15 is 0 Å². The fraction of sp³-hybridized carbons (Fsp3) is 0.400. The molecule has 0 aromatic heterocycles. The maximum absolute atomic E-state index is 11.7. The van der Waals surface area contributed by atoms with Gasteiger partial charge in [-0.1, -0.05) is 18.2 Å². The van der Waals surface area contributed by atoms with Crippen LogP contribution in [0.4, 0.5) is 4.79 Å². The molecule has 3 amide bonds. The monoisotopic (exact) mass is 324 g/mol. The van der Waals surface area contributed by atoms with Gasteiger partial charge >= 0.3 is 12.0 Å². The van der Waals surface area contributed by atoms with Gasteiger partial charge in [0.05, 0.1) is 5.75 Å². The van der Waals surface area contributed by atoms with E-state index in [4.69, 9.17) is 4.74 Å². The van der Waals surface area contributed by atoms with Gasteiger partial charge in [0.15, 0.2) is 6.10 Å². The molecular formula is C15H20N2O4S. The van der Waals surface area contributed by atoms with Crippen LogP contribution in [0.2, 0.25) is 0 Å². The minimum Gasteiger partial charge on any atom is -0.452 e. The maximum atomic E-state index is 11.7. The molecule has 0 aliphatic carbocycles. The minimum atomic E-state index is -1.03. The second-order valence-corrected chi connectivity index (χ2v) is 5.90. The Morgan fingerprint density at radius 2 is 1.77 bits per heavy atom. The molecular weight excluding hydrogens is 304 g/mol. The third-order valence-electron chi connectivity index (χ3n) is 2.43. The largest absolute Gasteiger partial charge is 0.452 e. The first kappa shape index (κ1) is 18.0. The molecule has 0 spiro atoms. The molecule has 0 bridgehead atoms. The van der Waals surface area contributed by atoms with Crippen molar-refractivity contribution < 1.29 is 19.1 Å². The Labute approximate surface area is 134 Å². The van der Waals surface area contributed by atoms with Crippen LogP contribution < -0.4 is 10.6 Å². The molecule has 0 unspecified atom stereocenters. The number of esters is 1. The molecule has 0 heterocycles. The van der Waals surface area contributed by atoms with Crippen molar-refractivity contribution in [2.75, 3.05) is 5.75 Å². The number of ether oxygens (including phenoxy) is 1. The molecule has 0 aliphatic rings. The van der Waals surface area contributed by atoms with Gasteiger partial charge in [-0.25, -0.2) is 4.79 Å². The molecule has 0 radical (unpaired) electrons. The Morgan fingerprint density at radius 1 is 1.14 bits per heavy atom. The quantitative estimate of drug-likeness (QED) is 0.617. The van der Waals surface area contributed by atoms with E-state index in [1.807, 2.05) is 30.3 Å². The number of urea groups is 1. The average Bonchev–Trinajstić information content (AvgIpc) is 2.45. The molecule has 1 aromatic rings. The van der Waals surface area contributed by atoms with E-state index < -0.39 is 24.0 Å². The van der Waals surface area contributed by atoms with E-state index in [9.17, 15) is 14.4 Å². The van der Waals surface area contributed by atoms with Crippen molar-refractivity contribution in [3.05, 3.63) is 30.3 Å². The Bertz CT molecular complexity index is 520. The molecule has 6 nitrogen and oxygen atoms in total. The van der Waals surface area contributed by atoms with Crippen LogP contribution in [0, 0.1) is 0 Å². The van der Waals surface area contributed by atoms with Gasteiger partial charge in [0.25, 0.3) is 5.91 Å². The zero-order valence-corrected chi connectivity index (χ0v) is 13.6. The highest BCUT2D eigenvalue weighted by molar-refractivity contribution is 8.00. The summed E-state index contributed by atoms with van der Waals surface area (Å²) in [4.78, 5) is 35.7. The number of rotatable bonds is 6. The number of carbonyl (C=O) groups is 3. The number of benzene rings is 1. The van der Waals surface area contributed by atoms with E-state index in [0.29, 0.717) is 0 Å². The van der Waals surface area contributed by atoms with Crippen molar-refractivity contribution in [3.8, 4) is 0 Å². The van der Waals surface area contributed by atoms with Gasteiger partial charge in [0.2, 0.25) is 0 Å². The first-order chi connectivity index (χ1) is 10.4. The summed E-state index contributed by atoms with van der Waals surface area (Å²) in [5, 5.41) is 4.63. The van der Waals surface area contributed by atoms with Gasteiger partial charge in [-0.2, -0.15) is 0 Å². The Balaban J connectivity index is 2.33. The summed E-state index contributed by atoms with van der Waals surface area (Å²) in [5.74, 6) is -1.07. The van der Waals surface area contributed by atoms with Crippen LogP contribution in [0.15, 0.2) is 35.2 Å². The fourth-order valence-corrected chi connectivity index (χ4v) is 2.16. The van der Waals surface area contributed by atoms with Gasteiger partial charge in [0, 0.05) is 10.9 Å². The van der Waals surface area contributed by atoms with Crippen LogP contribution in [-0.4, -0.2) is 35.8 Å². The van der Waals surface area contributed by atoms with Gasteiger partial charge in [-0.15, -0.1) is 11.8 Å². The van der Waals surface area contributed by atoms with E-state index in [1.165, 1.54) is 18.7 Å². The van der Waals surface area contributed by atoms with Crippen LogP contribution >= 0.6 is 11.8 Å². The summed E-state index contributed by atoms with van der Waals surface area (Å²) in [6, 6.07) is 8.69. The number of thioether (sulfide) groups is 1. The fourth-order valence-electron chi connectivity index (χ4n) is 1.46. The number of nitrogens with one attached hydrogen (secondary N) is 2. The van der Waals surface area contributed by atoms with Crippen molar-refractivity contribution in [2.45, 2.75) is 37.8 Å². The smallest absolute Gasteiger partial charge is 0.321 e.